The molecule has 5 heteroatoms. The molecule has 0 heterocycles. The first-order chi connectivity index (χ1) is 9.97. The third-order valence-electron chi connectivity index (χ3n) is 3.20. The fourth-order valence-electron chi connectivity index (χ4n) is 2.11. The molecule has 0 spiro atoms. The van der Waals surface area contributed by atoms with E-state index in [1.54, 1.807) is 13.3 Å². The van der Waals surface area contributed by atoms with Gasteiger partial charge in [0.15, 0.2) is 0 Å². The highest BCUT2D eigenvalue weighted by molar-refractivity contribution is 7.84. The van der Waals surface area contributed by atoms with Gasteiger partial charge in [0.25, 0.3) is 0 Å². The van der Waals surface area contributed by atoms with Crippen molar-refractivity contribution >= 4 is 10.8 Å². The zero-order chi connectivity index (χ0) is 15.4. The van der Waals surface area contributed by atoms with Crippen LogP contribution in [0.2, 0.25) is 0 Å². The first-order valence-corrected chi connectivity index (χ1v) is 8.07. The van der Waals surface area contributed by atoms with Gasteiger partial charge in [0.05, 0.1) is 0 Å². The molecule has 0 saturated carbocycles. The van der Waals surface area contributed by atoms with Gasteiger partial charge >= 0.3 is 0 Å². The molecule has 1 atom stereocenters. The first kappa shape index (κ1) is 15.8. The Labute approximate surface area is 125 Å². The lowest BCUT2D eigenvalue weighted by Crippen LogP contribution is -2.19. The second-order valence-corrected chi connectivity index (χ2v) is 6.35. The summed E-state index contributed by atoms with van der Waals surface area (Å²) in [6.45, 7) is 0.754. The van der Waals surface area contributed by atoms with Crippen LogP contribution in [0.5, 0.6) is 0 Å². The van der Waals surface area contributed by atoms with Crippen LogP contribution >= 0.6 is 0 Å². The van der Waals surface area contributed by atoms with Gasteiger partial charge in [-0.1, -0.05) is 18.2 Å². The molecule has 0 aliphatic rings. The van der Waals surface area contributed by atoms with Crippen molar-refractivity contribution in [2.75, 3.05) is 13.3 Å². The highest BCUT2D eigenvalue weighted by Gasteiger charge is 2.11. The van der Waals surface area contributed by atoms with Crippen molar-refractivity contribution in [2.45, 2.75) is 18.0 Å². The van der Waals surface area contributed by atoms with E-state index in [1.807, 2.05) is 29.2 Å². The molecule has 2 aromatic rings. The third kappa shape index (κ3) is 4.19. The maximum absolute atomic E-state index is 13.6. The molecule has 2 aromatic carbocycles. The van der Waals surface area contributed by atoms with E-state index in [4.69, 9.17) is 0 Å². The quantitative estimate of drug-likeness (QED) is 0.844. The second-order valence-electron chi connectivity index (χ2n) is 4.97. The van der Waals surface area contributed by atoms with Gasteiger partial charge in [-0.05, 0) is 36.9 Å². The Morgan fingerprint density at radius 3 is 2.10 bits per heavy atom. The summed E-state index contributed by atoms with van der Waals surface area (Å²) in [7, 11) is 0.803. The second kappa shape index (κ2) is 6.91. The van der Waals surface area contributed by atoms with Gasteiger partial charge in [-0.15, -0.1) is 0 Å². The van der Waals surface area contributed by atoms with Gasteiger partial charge in [0.2, 0.25) is 0 Å². The average molecular weight is 309 g/mol. The van der Waals surface area contributed by atoms with Crippen LogP contribution in [0, 0.1) is 11.6 Å². The summed E-state index contributed by atoms with van der Waals surface area (Å²) in [6, 6.07) is 11.3. The van der Waals surface area contributed by atoms with Crippen LogP contribution in [0.3, 0.4) is 0 Å². The molecule has 112 valence electrons. The Kier molecular flexibility index (Phi) is 5.20. The molecule has 0 aliphatic carbocycles. The standard InChI is InChI=1S/C16H17F2NOS/c1-19(11-14-15(17)4-3-5-16(14)18)10-12-6-8-13(9-7-12)21(2)20/h3-9H,10-11H2,1-2H3. The number of benzene rings is 2. The predicted molar refractivity (Wildman–Crippen MR) is 80.3 cm³/mol. The van der Waals surface area contributed by atoms with Crippen LogP contribution in [0.4, 0.5) is 8.78 Å². The smallest absolute Gasteiger partial charge is 0.130 e. The van der Waals surface area contributed by atoms with Crippen LogP contribution < -0.4 is 0 Å². The topological polar surface area (TPSA) is 20.3 Å². The van der Waals surface area contributed by atoms with E-state index >= 15 is 0 Å². The molecule has 2 nitrogen and oxygen atoms in total. The van der Waals surface area contributed by atoms with Crippen LogP contribution in [-0.2, 0) is 23.9 Å². The third-order valence-corrected chi connectivity index (χ3v) is 4.13. The zero-order valence-corrected chi connectivity index (χ0v) is 12.8. The maximum Gasteiger partial charge on any atom is 0.130 e. The molecular weight excluding hydrogens is 292 g/mol. The van der Waals surface area contributed by atoms with E-state index in [-0.39, 0.29) is 12.1 Å². The van der Waals surface area contributed by atoms with Gasteiger partial charge in [-0.25, -0.2) is 8.78 Å². The minimum atomic E-state index is -1.00. The number of nitrogens with zero attached hydrogens (tertiary/aromatic N) is 1. The van der Waals surface area contributed by atoms with E-state index in [0.29, 0.717) is 6.54 Å². The predicted octanol–water partition coefficient (Wildman–Crippen LogP) is 3.33. The van der Waals surface area contributed by atoms with Gasteiger partial charge in [-0.3, -0.25) is 9.11 Å². The van der Waals surface area contributed by atoms with Crippen molar-refractivity contribution in [1.29, 1.82) is 0 Å². The molecule has 0 saturated heterocycles. The molecule has 0 bridgehead atoms. The van der Waals surface area contributed by atoms with E-state index < -0.39 is 22.4 Å². The van der Waals surface area contributed by atoms with E-state index in [0.717, 1.165) is 10.5 Å². The molecule has 0 N–H and O–H groups in total. The Hall–Kier alpha value is -1.59. The van der Waals surface area contributed by atoms with Crippen molar-refractivity contribution in [2.24, 2.45) is 0 Å². The molecule has 2 rings (SSSR count). The molecule has 0 fully saturated rings. The monoisotopic (exact) mass is 309 g/mol. The van der Waals surface area contributed by atoms with E-state index in [1.165, 1.54) is 18.2 Å². The minimum Gasteiger partial charge on any atom is -0.298 e. The number of hydrogen-bond donors (Lipinski definition) is 0. The summed E-state index contributed by atoms with van der Waals surface area (Å²) < 4.78 is 38.5. The lowest BCUT2D eigenvalue weighted by atomic mass is 10.1. The van der Waals surface area contributed by atoms with E-state index in [2.05, 4.69) is 0 Å². The summed E-state index contributed by atoms with van der Waals surface area (Å²) in [6.07, 6.45) is 1.63. The Bertz CT molecular complexity index is 623. The van der Waals surface area contributed by atoms with Crippen LogP contribution in [0.15, 0.2) is 47.4 Å². The number of rotatable bonds is 5. The highest BCUT2D eigenvalue weighted by atomic mass is 32.2. The maximum atomic E-state index is 13.6. The lowest BCUT2D eigenvalue weighted by Gasteiger charge is -2.17. The van der Waals surface area contributed by atoms with E-state index in [9.17, 15) is 13.0 Å². The highest BCUT2D eigenvalue weighted by Crippen LogP contribution is 2.16. The summed E-state index contributed by atoms with van der Waals surface area (Å²) in [5, 5.41) is 0. The molecule has 0 radical (unpaired) electrons. The van der Waals surface area contributed by atoms with Crippen LogP contribution in [-0.4, -0.2) is 22.4 Å². The molecule has 0 aromatic heterocycles. The van der Waals surface area contributed by atoms with Crippen molar-refractivity contribution in [3.8, 4) is 0 Å². The van der Waals surface area contributed by atoms with Gasteiger partial charge in [-0.2, -0.15) is 0 Å². The van der Waals surface area contributed by atoms with Crippen molar-refractivity contribution < 1.29 is 13.0 Å². The molecular formula is C16H17F2NOS. The molecule has 0 amide bonds. The number of hydrogen-bond acceptors (Lipinski definition) is 2. The van der Waals surface area contributed by atoms with Gasteiger partial charge in [0, 0.05) is 40.6 Å². The van der Waals surface area contributed by atoms with Crippen molar-refractivity contribution in [3.63, 3.8) is 0 Å². The first-order valence-electron chi connectivity index (χ1n) is 6.51. The molecule has 21 heavy (non-hydrogen) atoms. The fraction of sp³-hybridized carbons (Fsp3) is 0.250. The van der Waals surface area contributed by atoms with Crippen LogP contribution in [0.25, 0.3) is 0 Å². The minimum absolute atomic E-state index is 0.0753. The summed E-state index contributed by atoms with van der Waals surface area (Å²) in [5.74, 6) is -1.06. The SMILES string of the molecule is CN(Cc1ccc(S(C)=O)cc1)Cc1c(F)cccc1F. The Morgan fingerprint density at radius 1 is 1.00 bits per heavy atom. The zero-order valence-electron chi connectivity index (χ0n) is 12.0. The normalized spacial score (nSPS) is 12.6. The lowest BCUT2D eigenvalue weighted by molar-refractivity contribution is 0.307. The average Bonchev–Trinajstić information content (AvgIpc) is 2.43. The summed E-state index contributed by atoms with van der Waals surface area (Å²) >= 11 is 0. The van der Waals surface area contributed by atoms with Crippen molar-refractivity contribution in [1.82, 2.24) is 4.90 Å². The van der Waals surface area contributed by atoms with Gasteiger partial charge < -0.3 is 0 Å². The molecule has 0 aliphatic heterocycles. The molecule has 1 unspecified atom stereocenters. The Morgan fingerprint density at radius 2 is 1.57 bits per heavy atom. The summed E-state index contributed by atoms with van der Waals surface area (Å²) in [5.41, 5.74) is 1.08. The largest absolute Gasteiger partial charge is 0.298 e. The van der Waals surface area contributed by atoms with Crippen LogP contribution in [0.1, 0.15) is 11.1 Å². The Balaban J connectivity index is 2.04. The van der Waals surface area contributed by atoms with Crippen molar-refractivity contribution in [3.05, 3.63) is 65.2 Å². The fourth-order valence-corrected chi connectivity index (χ4v) is 2.63. The van der Waals surface area contributed by atoms with Gasteiger partial charge in [0.1, 0.15) is 11.6 Å². The number of halogens is 2. The summed E-state index contributed by atoms with van der Waals surface area (Å²) in [4.78, 5) is 2.60.